The average Bonchev–Trinajstić information content (AvgIpc) is 3.47. The monoisotopic (exact) mass is 670 g/mol. The summed E-state index contributed by atoms with van der Waals surface area (Å²) in [6, 6.07) is 8.08. The third kappa shape index (κ3) is 7.17. The number of anilines is 1. The van der Waals surface area contributed by atoms with Crippen molar-refractivity contribution in [2.45, 2.75) is 38.2 Å². The Labute approximate surface area is 272 Å². The summed E-state index contributed by atoms with van der Waals surface area (Å²) in [5, 5.41) is 17.1. The second kappa shape index (κ2) is 13.2. The number of allylic oxidation sites excluding steroid dienone is 2. The molecule has 252 valence electrons. The van der Waals surface area contributed by atoms with Gasteiger partial charge in [-0.1, -0.05) is 0 Å². The van der Waals surface area contributed by atoms with Gasteiger partial charge in [-0.25, -0.2) is 22.8 Å². The van der Waals surface area contributed by atoms with Gasteiger partial charge in [0, 0.05) is 54.6 Å². The summed E-state index contributed by atoms with van der Waals surface area (Å²) in [6.07, 6.45) is 1.54. The number of nitrogens with zero attached hydrogens (tertiary/aromatic N) is 6. The fraction of sp³-hybridized carbons (Fsp3) is 0.419. The SMILES string of the molecule is COc1ccc(CNc2nc3cc(OC)c(F)cc3c3nc(C4CN(C(C=NCC(C)(C)O)=C(C)N)CCS4(=O)=O)nn23)c(OC)c1. The second-order valence-electron chi connectivity index (χ2n) is 11.8. The van der Waals surface area contributed by atoms with E-state index in [-0.39, 0.29) is 55.1 Å². The van der Waals surface area contributed by atoms with Gasteiger partial charge in [0.05, 0.1) is 50.4 Å². The Kier molecular flexibility index (Phi) is 9.45. The summed E-state index contributed by atoms with van der Waals surface area (Å²) in [4.78, 5) is 15.5. The van der Waals surface area contributed by atoms with Crippen molar-refractivity contribution >= 4 is 38.6 Å². The zero-order valence-electron chi connectivity index (χ0n) is 27.1. The van der Waals surface area contributed by atoms with Gasteiger partial charge in [-0.15, -0.1) is 5.10 Å². The summed E-state index contributed by atoms with van der Waals surface area (Å²) in [5.74, 6) is 0.636. The molecule has 2 aromatic heterocycles. The number of ether oxygens (including phenoxy) is 3. The molecule has 4 aromatic rings. The third-order valence-electron chi connectivity index (χ3n) is 7.68. The molecular weight excluding hydrogens is 631 g/mol. The number of rotatable bonds is 11. The lowest BCUT2D eigenvalue weighted by Gasteiger charge is -2.34. The minimum absolute atomic E-state index is 0.00300. The van der Waals surface area contributed by atoms with E-state index in [1.165, 1.54) is 23.8 Å². The predicted octanol–water partition coefficient (Wildman–Crippen LogP) is 2.86. The van der Waals surface area contributed by atoms with Crippen LogP contribution in [0.1, 0.15) is 37.4 Å². The molecule has 1 atom stereocenters. The van der Waals surface area contributed by atoms with E-state index in [9.17, 15) is 17.9 Å². The van der Waals surface area contributed by atoms with Crippen LogP contribution in [0.15, 0.2) is 46.7 Å². The highest BCUT2D eigenvalue weighted by Crippen LogP contribution is 2.33. The first-order chi connectivity index (χ1) is 22.2. The highest BCUT2D eigenvalue weighted by Gasteiger charge is 2.38. The Bertz CT molecular complexity index is 1970. The maximum absolute atomic E-state index is 14.9. The number of methoxy groups -OCH3 is 3. The fourth-order valence-electron chi connectivity index (χ4n) is 5.24. The standard InChI is InChI=1S/C31H39FN8O6S/c1-18(33)24(15-34-17-31(2,3)41)39-9-10-47(42,43)27(16-39)28-37-29-21-12-22(32)26(46-6)13-23(21)36-30(40(29)38-28)35-14-19-7-8-20(44-4)11-25(19)45-5/h7-8,11-13,15,27,41H,9-10,14,16-17,33H2,1-6H3,(H,35,36). The molecule has 47 heavy (non-hydrogen) atoms. The number of aliphatic hydroxyl groups is 1. The molecule has 1 unspecified atom stereocenters. The van der Waals surface area contributed by atoms with E-state index in [1.54, 1.807) is 53.3 Å². The number of benzene rings is 2. The summed E-state index contributed by atoms with van der Waals surface area (Å²) in [6.45, 7) is 5.53. The van der Waals surface area contributed by atoms with Crippen LogP contribution in [-0.2, 0) is 16.4 Å². The number of halogens is 1. The van der Waals surface area contributed by atoms with Crippen molar-refractivity contribution in [2.75, 3.05) is 52.0 Å². The average molecular weight is 671 g/mol. The van der Waals surface area contributed by atoms with Crippen molar-refractivity contribution in [1.29, 1.82) is 0 Å². The van der Waals surface area contributed by atoms with E-state index in [4.69, 9.17) is 19.9 Å². The van der Waals surface area contributed by atoms with Gasteiger partial charge >= 0.3 is 0 Å². The number of aromatic nitrogens is 4. The fourth-order valence-corrected chi connectivity index (χ4v) is 6.83. The molecule has 0 bridgehead atoms. The van der Waals surface area contributed by atoms with Gasteiger partial charge < -0.3 is 35.3 Å². The summed E-state index contributed by atoms with van der Waals surface area (Å²) in [7, 11) is 0.762. The van der Waals surface area contributed by atoms with Crippen molar-refractivity contribution in [1.82, 2.24) is 24.5 Å². The minimum atomic E-state index is -3.71. The van der Waals surface area contributed by atoms with Crippen LogP contribution in [0.5, 0.6) is 17.2 Å². The zero-order chi connectivity index (χ0) is 34.1. The highest BCUT2D eigenvalue weighted by atomic mass is 32.2. The number of sulfone groups is 1. The largest absolute Gasteiger partial charge is 0.497 e. The number of nitrogens with two attached hydrogens (primary N) is 1. The quantitative estimate of drug-likeness (QED) is 0.199. The van der Waals surface area contributed by atoms with E-state index >= 15 is 0 Å². The van der Waals surface area contributed by atoms with Gasteiger partial charge in [0.25, 0.3) is 0 Å². The second-order valence-corrected chi connectivity index (χ2v) is 14.1. The van der Waals surface area contributed by atoms with E-state index in [0.29, 0.717) is 33.8 Å². The molecule has 1 aliphatic rings. The van der Waals surface area contributed by atoms with Gasteiger partial charge in [0.1, 0.15) is 16.7 Å². The van der Waals surface area contributed by atoms with E-state index in [0.717, 1.165) is 5.56 Å². The predicted molar refractivity (Wildman–Crippen MR) is 176 cm³/mol. The van der Waals surface area contributed by atoms with E-state index < -0.39 is 26.5 Å². The molecule has 14 nitrogen and oxygen atoms in total. The van der Waals surface area contributed by atoms with Crippen molar-refractivity contribution in [3.8, 4) is 17.2 Å². The number of nitrogens with one attached hydrogen (secondary N) is 1. The maximum atomic E-state index is 14.9. The van der Waals surface area contributed by atoms with Gasteiger partial charge in [-0.3, -0.25) is 4.99 Å². The number of hydrogen-bond acceptors (Lipinski definition) is 13. The van der Waals surface area contributed by atoms with Crippen molar-refractivity contribution < 1.29 is 32.1 Å². The number of aliphatic imine (C=N–C) groups is 1. The van der Waals surface area contributed by atoms with Crippen LogP contribution in [0.3, 0.4) is 0 Å². The Morgan fingerprint density at radius 3 is 2.57 bits per heavy atom. The van der Waals surface area contributed by atoms with Gasteiger partial charge in [-0.05, 0) is 39.0 Å². The van der Waals surface area contributed by atoms with Crippen LogP contribution in [0, 0.1) is 5.82 Å². The molecule has 1 saturated heterocycles. The smallest absolute Gasteiger partial charge is 0.226 e. The molecule has 4 N–H and O–H groups in total. The molecule has 0 amide bonds. The molecule has 1 fully saturated rings. The molecule has 3 heterocycles. The topological polar surface area (TPSA) is 179 Å². The first kappa shape index (κ1) is 33.7. The highest BCUT2D eigenvalue weighted by molar-refractivity contribution is 7.91. The summed E-state index contributed by atoms with van der Waals surface area (Å²) < 4.78 is 59.3. The zero-order valence-corrected chi connectivity index (χ0v) is 27.9. The van der Waals surface area contributed by atoms with Gasteiger partial charge in [0.2, 0.25) is 5.95 Å². The molecule has 5 rings (SSSR count). The van der Waals surface area contributed by atoms with Crippen molar-refractivity contribution in [2.24, 2.45) is 10.7 Å². The molecule has 16 heteroatoms. The summed E-state index contributed by atoms with van der Waals surface area (Å²) >= 11 is 0. The lowest BCUT2D eigenvalue weighted by Crippen LogP contribution is -2.43. The first-order valence-electron chi connectivity index (χ1n) is 14.8. The summed E-state index contributed by atoms with van der Waals surface area (Å²) in [5.41, 5.74) is 7.49. The Morgan fingerprint density at radius 1 is 1.17 bits per heavy atom. The molecule has 1 aliphatic heterocycles. The van der Waals surface area contributed by atoms with Crippen LogP contribution >= 0.6 is 0 Å². The van der Waals surface area contributed by atoms with Crippen LogP contribution in [0.25, 0.3) is 16.6 Å². The lowest BCUT2D eigenvalue weighted by molar-refractivity contribution is 0.0905. The molecular formula is C31H39FN8O6S. The van der Waals surface area contributed by atoms with Crippen LogP contribution in [0.4, 0.5) is 10.3 Å². The van der Waals surface area contributed by atoms with Crippen molar-refractivity contribution in [3.63, 3.8) is 0 Å². The van der Waals surface area contributed by atoms with Crippen molar-refractivity contribution in [3.05, 3.63) is 58.9 Å². The minimum Gasteiger partial charge on any atom is -0.497 e. The molecule has 0 radical (unpaired) electrons. The maximum Gasteiger partial charge on any atom is 0.226 e. The normalized spacial score (nSPS) is 17.3. The Balaban J connectivity index is 1.58. The van der Waals surface area contributed by atoms with E-state index in [1.807, 2.05) is 11.0 Å². The molecule has 0 aliphatic carbocycles. The van der Waals surface area contributed by atoms with Crippen LogP contribution in [0.2, 0.25) is 0 Å². The van der Waals surface area contributed by atoms with Crippen LogP contribution < -0.4 is 25.3 Å². The lowest BCUT2D eigenvalue weighted by atomic mass is 10.1. The molecule has 0 saturated carbocycles. The van der Waals surface area contributed by atoms with Gasteiger partial charge in [-0.2, -0.15) is 4.52 Å². The number of hydrogen-bond donors (Lipinski definition) is 3. The van der Waals surface area contributed by atoms with Crippen LogP contribution in [-0.4, -0.2) is 96.5 Å². The molecule has 2 aromatic carbocycles. The third-order valence-corrected chi connectivity index (χ3v) is 9.66. The Morgan fingerprint density at radius 2 is 1.91 bits per heavy atom. The number of fused-ring (bicyclic) bond motifs is 3. The first-order valence-corrected chi connectivity index (χ1v) is 16.5. The van der Waals surface area contributed by atoms with E-state index in [2.05, 4.69) is 25.4 Å². The Hall–Kier alpha value is -4.70. The van der Waals surface area contributed by atoms with Gasteiger partial charge in [0.15, 0.2) is 32.9 Å². The molecule has 0 spiro atoms.